The van der Waals surface area contributed by atoms with Crippen molar-refractivity contribution in [2.24, 2.45) is 14.1 Å². The van der Waals surface area contributed by atoms with Crippen LogP contribution in [0.1, 0.15) is 5.69 Å². The summed E-state index contributed by atoms with van der Waals surface area (Å²) in [5.74, 6) is 0.655. The lowest BCUT2D eigenvalue weighted by atomic mass is 10.1. The van der Waals surface area contributed by atoms with E-state index in [4.69, 9.17) is 14.0 Å². The third-order valence-corrected chi connectivity index (χ3v) is 4.83. The van der Waals surface area contributed by atoms with Gasteiger partial charge in [-0.1, -0.05) is 5.16 Å². The molecule has 0 atom stereocenters. The third kappa shape index (κ3) is 3.72. The van der Waals surface area contributed by atoms with Crippen LogP contribution in [0, 0.1) is 0 Å². The van der Waals surface area contributed by atoms with Gasteiger partial charge in [0.25, 0.3) is 5.56 Å². The largest absolute Gasteiger partial charge is 0.497 e. The molecular weight excluding hydrogens is 406 g/mol. The summed E-state index contributed by atoms with van der Waals surface area (Å²) in [6, 6.07) is 8.92. The molecule has 0 aliphatic carbocycles. The van der Waals surface area contributed by atoms with Crippen molar-refractivity contribution in [1.82, 2.24) is 23.8 Å². The van der Waals surface area contributed by atoms with Crippen molar-refractivity contribution < 1.29 is 18.8 Å². The number of aryl methyl sites for hydroxylation is 1. The Morgan fingerprint density at radius 1 is 1.13 bits per heavy atom. The number of carbonyl (C=O) groups excluding carboxylic acids is 1. The van der Waals surface area contributed by atoms with E-state index in [-0.39, 0.29) is 24.3 Å². The van der Waals surface area contributed by atoms with E-state index in [1.165, 1.54) is 29.6 Å². The van der Waals surface area contributed by atoms with Crippen LogP contribution in [0.3, 0.4) is 0 Å². The van der Waals surface area contributed by atoms with Gasteiger partial charge in [-0.2, -0.15) is 0 Å². The summed E-state index contributed by atoms with van der Waals surface area (Å²) in [5, 5.41) is 3.91. The van der Waals surface area contributed by atoms with Crippen molar-refractivity contribution >= 4 is 17.1 Å². The van der Waals surface area contributed by atoms with Gasteiger partial charge in [0, 0.05) is 25.7 Å². The van der Waals surface area contributed by atoms with Gasteiger partial charge < -0.3 is 18.6 Å². The summed E-state index contributed by atoms with van der Waals surface area (Å²) in [4.78, 5) is 40.8. The Balaban J connectivity index is 1.45. The number of methoxy groups -OCH3 is 1. The number of hydrogen-bond donors (Lipinski definition) is 0. The lowest BCUT2D eigenvalue weighted by Crippen LogP contribution is -2.37. The molecule has 0 N–H and O–H groups in total. The maximum Gasteiger partial charge on any atom is 0.332 e. The van der Waals surface area contributed by atoms with Gasteiger partial charge in [0.1, 0.15) is 24.6 Å². The van der Waals surface area contributed by atoms with Gasteiger partial charge in [0.2, 0.25) is 0 Å². The van der Waals surface area contributed by atoms with E-state index in [9.17, 15) is 14.4 Å². The van der Waals surface area contributed by atoms with Crippen LogP contribution in [-0.4, -0.2) is 36.9 Å². The standard InChI is InChI=1S/C20H19N5O6/c1-23-18-17(19(27)24(2)20(23)28)25(11-21-18)9-16(26)30-10-13-8-15(31-22-13)12-4-6-14(29-3)7-5-12/h4-8,11H,9-10H2,1-3H3. The summed E-state index contributed by atoms with van der Waals surface area (Å²) >= 11 is 0. The Morgan fingerprint density at radius 3 is 2.58 bits per heavy atom. The van der Waals surface area contributed by atoms with E-state index in [0.717, 1.165) is 15.9 Å². The van der Waals surface area contributed by atoms with Gasteiger partial charge >= 0.3 is 11.7 Å². The molecule has 31 heavy (non-hydrogen) atoms. The zero-order valence-corrected chi connectivity index (χ0v) is 17.1. The zero-order valence-electron chi connectivity index (χ0n) is 17.1. The van der Waals surface area contributed by atoms with Gasteiger partial charge in [-0.15, -0.1) is 0 Å². The van der Waals surface area contributed by atoms with Crippen molar-refractivity contribution in [2.45, 2.75) is 13.2 Å². The average Bonchev–Trinajstić information content (AvgIpc) is 3.42. The molecule has 3 aromatic heterocycles. The van der Waals surface area contributed by atoms with Crippen LogP contribution in [0.15, 0.2) is 50.8 Å². The summed E-state index contributed by atoms with van der Waals surface area (Å²) in [5.41, 5.74) is 0.546. The summed E-state index contributed by atoms with van der Waals surface area (Å²) in [6.07, 6.45) is 1.32. The van der Waals surface area contributed by atoms with Crippen LogP contribution in [0.2, 0.25) is 0 Å². The molecule has 0 aliphatic rings. The highest BCUT2D eigenvalue weighted by Gasteiger charge is 2.17. The van der Waals surface area contributed by atoms with E-state index in [0.29, 0.717) is 11.5 Å². The maximum absolute atomic E-state index is 12.4. The number of esters is 1. The van der Waals surface area contributed by atoms with E-state index in [2.05, 4.69) is 10.1 Å². The number of benzene rings is 1. The molecule has 1 aromatic carbocycles. The topological polar surface area (TPSA) is 123 Å². The van der Waals surface area contributed by atoms with Crippen molar-refractivity contribution in [3.63, 3.8) is 0 Å². The first-order valence-electron chi connectivity index (χ1n) is 9.25. The summed E-state index contributed by atoms with van der Waals surface area (Å²) < 4.78 is 19.2. The van der Waals surface area contributed by atoms with Crippen LogP contribution in [0.5, 0.6) is 5.75 Å². The van der Waals surface area contributed by atoms with Crippen LogP contribution in [0.25, 0.3) is 22.5 Å². The Morgan fingerprint density at radius 2 is 1.87 bits per heavy atom. The first-order valence-corrected chi connectivity index (χ1v) is 9.25. The van der Waals surface area contributed by atoms with E-state index in [1.807, 2.05) is 12.1 Å². The summed E-state index contributed by atoms with van der Waals surface area (Å²) in [7, 11) is 4.46. The number of ether oxygens (including phenoxy) is 2. The molecule has 0 saturated carbocycles. The monoisotopic (exact) mass is 425 g/mol. The number of fused-ring (bicyclic) bond motifs is 1. The summed E-state index contributed by atoms with van der Waals surface area (Å²) in [6.45, 7) is -0.339. The average molecular weight is 425 g/mol. The quantitative estimate of drug-likeness (QED) is 0.417. The zero-order chi connectivity index (χ0) is 22.1. The Kier molecular flexibility index (Phi) is 5.15. The van der Waals surface area contributed by atoms with Gasteiger partial charge in [-0.25, -0.2) is 9.78 Å². The number of aromatic nitrogens is 5. The van der Waals surface area contributed by atoms with Crippen molar-refractivity contribution in [1.29, 1.82) is 0 Å². The number of rotatable bonds is 6. The van der Waals surface area contributed by atoms with E-state index >= 15 is 0 Å². The fourth-order valence-corrected chi connectivity index (χ4v) is 3.13. The number of hydrogen-bond acceptors (Lipinski definition) is 8. The maximum atomic E-state index is 12.4. The molecular formula is C20H19N5O6. The highest BCUT2D eigenvalue weighted by atomic mass is 16.5. The van der Waals surface area contributed by atoms with Gasteiger partial charge in [-0.05, 0) is 24.3 Å². The Bertz CT molecular complexity index is 1380. The fraction of sp³-hybridized carbons (Fsp3) is 0.250. The number of nitrogens with zero attached hydrogens (tertiary/aromatic N) is 5. The molecule has 160 valence electrons. The van der Waals surface area contributed by atoms with Gasteiger partial charge in [0.15, 0.2) is 16.9 Å². The van der Waals surface area contributed by atoms with Crippen LogP contribution >= 0.6 is 0 Å². The molecule has 11 nitrogen and oxygen atoms in total. The highest BCUT2D eigenvalue weighted by Crippen LogP contribution is 2.23. The van der Waals surface area contributed by atoms with Gasteiger partial charge in [-0.3, -0.25) is 18.7 Å². The molecule has 0 bridgehead atoms. The molecule has 4 aromatic rings. The van der Waals surface area contributed by atoms with Crippen molar-refractivity contribution in [3.8, 4) is 17.1 Å². The van der Waals surface area contributed by atoms with E-state index in [1.54, 1.807) is 25.3 Å². The van der Waals surface area contributed by atoms with E-state index < -0.39 is 17.2 Å². The highest BCUT2D eigenvalue weighted by molar-refractivity contribution is 5.75. The van der Waals surface area contributed by atoms with Crippen LogP contribution in [0.4, 0.5) is 0 Å². The second-order valence-corrected chi connectivity index (χ2v) is 6.82. The Hall–Kier alpha value is -4.15. The fourth-order valence-electron chi connectivity index (χ4n) is 3.13. The number of carbonyl (C=O) groups is 1. The molecule has 0 fully saturated rings. The molecule has 0 saturated heterocycles. The number of imidazole rings is 1. The lowest BCUT2D eigenvalue weighted by molar-refractivity contribution is -0.145. The predicted molar refractivity (Wildman–Crippen MR) is 109 cm³/mol. The van der Waals surface area contributed by atoms with Crippen LogP contribution < -0.4 is 16.0 Å². The molecule has 0 radical (unpaired) electrons. The normalized spacial score (nSPS) is 11.1. The van der Waals surface area contributed by atoms with Crippen LogP contribution in [-0.2, 0) is 36.8 Å². The second-order valence-electron chi connectivity index (χ2n) is 6.82. The lowest BCUT2D eigenvalue weighted by Gasteiger charge is -2.06. The van der Waals surface area contributed by atoms with Gasteiger partial charge in [0.05, 0.1) is 13.4 Å². The Labute approximate surface area is 175 Å². The molecule has 4 rings (SSSR count). The molecule has 0 spiro atoms. The molecule has 0 aliphatic heterocycles. The molecule has 3 heterocycles. The minimum Gasteiger partial charge on any atom is -0.497 e. The SMILES string of the molecule is COc1ccc(-c2cc(COC(=O)Cn3cnc4c3c(=O)n(C)c(=O)n4C)no2)cc1. The predicted octanol–water partition coefficient (Wildman–Crippen LogP) is 0.841. The minimum absolute atomic E-state index is 0.0956. The minimum atomic E-state index is -0.593. The third-order valence-electron chi connectivity index (χ3n) is 4.83. The van der Waals surface area contributed by atoms with Crippen molar-refractivity contribution in [2.75, 3.05) is 7.11 Å². The first kappa shape index (κ1) is 20.1. The smallest absolute Gasteiger partial charge is 0.332 e. The molecule has 0 unspecified atom stereocenters. The van der Waals surface area contributed by atoms with Crippen molar-refractivity contribution in [3.05, 3.63) is 63.2 Å². The molecule has 11 heteroatoms. The molecule has 0 amide bonds. The first-order chi connectivity index (χ1) is 14.9. The second kappa shape index (κ2) is 7.94.